The van der Waals surface area contributed by atoms with Crippen LogP contribution in [0.3, 0.4) is 0 Å². The maximum Gasteiger partial charge on any atom is 0.145 e. The fourth-order valence-electron chi connectivity index (χ4n) is 2.36. The first-order valence-electron chi connectivity index (χ1n) is 6.62. The van der Waals surface area contributed by atoms with Gasteiger partial charge in [-0.1, -0.05) is 18.2 Å². The van der Waals surface area contributed by atoms with E-state index in [4.69, 9.17) is 10.5 Å². The Labute approximate surface area is 112 Å². The summed E-state index contributed by atoms with van der Waals surface area (Å²) in [5.74, 6) is 0.978. The predicted molar refractivity (Wildman–Crippen MR) is 74.0 cm³/mol. The van der Waals surface area contributed by atoms with Crippen LogP contribution in [0, 0.1) is 5.92 Å². The molecule has 19 heavy (non-hydrogen) atoms. The van der Waals surface area contributed by atoms with Gasteiger partial charge in [0.1, 0.15) is 23.5 Å². The van der Waals surface area contributed by atoms with Crippen molar-refractivity contribution in [1.29, 1.82) is 0 Å². The number of rotatable bonds is 5. The zero-order valence-electron chi connectivity index (χ0n) is 10.7. The van der Waals surface area contributed by atoms with E-state index in [2.05, 4.69) is 4.98 Å². The van der Waals surface area contributed by atoms with Gasteiger partial charge < -0.3 is 15.6 Å². The average molecular weight is 258 g/mol. The second kappa shape index (κ2) is 4.79. The van der Waals surface area contributed by atoms with E-state index in [1.54, 1.807) is 6.20 Å². The summed E-state index contributed by atoms with van der Waals surface area (Å²) < 4.78 is 5.78. The lowest BCUT2D eigenvalue weighted by atomic mass is 9.99. The van der Waals surface area contributed by atoms with Gasteiger partial charge in [0, 0.05) is 18.1 Å². The number of fused-ring (bicyclic) bond motifs is 1. The molecule has 1 fully saturated rings. The van der Waals surface area contributed by atoms with E-state index in [0.717, 1.165) is 23.7 Å². The number of benzene rings is 1. The van der Waals surface area contributed by atoms with Gasteiger partial charge in [-0.15, -0.1) is 0 Å². The van der Waals surface area contributed by atoms with Crippen molar-refractivity contribution in [2.24, 2.45) is 11.7 Å². The molecule has 1 aromatic carbocycles. The molecule has 0 saturated heterocycles. The van der Waals surface area contributed by atoms with E-state index in [1.807, 2.05) is 30.3 Å². The van der Waals surface area contributed by atoms with Crippen LogP contribution in [0.25, 0.3) is 10.9 Å². The molecule has 0 spiro atoms. The molecule has 4 nitrogen and oxygen atoms in total. The summed E-state index contributed by atoms with van der Waals surface area (Å²) in [7, 11) is 0. The molecule has 0 bridgehead atoms. The third-order valence-corrected chi connectivity index (χ3v) is 3.76. The van der Waals surface area contributed by atoms with Gasteiger partial charge in [0.15, 0.2) is 0 Å². The molecule has 1 saturated carbocycles. The molecule has 4 heteroatoms. The lowest BCUT2D eigenvalue weighted by molar-refractivity contribution is -0.0158. The van der Waals surface area contributed by atoms with E-state index < -0.39 is 5.60 Å². The minimum absolute atomic E-state index is 0.226. The Bertz CT molecular complexity index is 578. The molecule has 3 rings (SSSR count). The molecule has 1 aliphatic carbocycles. The number of pyridine rings is 1. The van der Waals surface area contributed by atoms with Crippen LogP contribution in [0.5, 0.6) is 5.75 Å². The van der Waals surface area contributed by atoms with Crippen LogP contribution < -0.4 is 10.5 Å². The van der Waals surface area contributed by atoms with Gasteiger partial charge in [-0.25, -0.2) is 0 Å². The van der Waals surface area contributed by atoms with E-state index in [9.17, 15) is 5.11 Å². The highest BCUT2D eigenvalue weighted by molar-refractivity contribution is 5.84. The first-order chi connectivity index (χ1) is 9.23. The van der Waals surface area contributed by atoms with Crippen LogP contribution in [0.1, 0.15) is 12.8 Å². The van der Waals surface area contributed by atoms with Gasteiger partial charge in [0.25, 0.3) is 0 Å². The fraction of sp³-hybridized carbons (Fsp3) is 0.400. The largest absolute Gasteiger partial charge is 0.488 e. The molecule has 0 aliphatic heterocycles. The standard InChI is InChI=1S/C15H18N2O2/c16-9-15(18,12-6-7-12)10-19-13-5-1-3-11-4-2-8-17-14(11)13/h1-5,8,12,18H,6-7,9-10,16H2. The first kappa shape index (κ1) is 12.4. The van der Waals surface area contributed by atoms with Gasteiger partial charge in [-0.3, -0.25) is 4.98 Å². The number of aromatic nitrogens is 1. The van der Waals surface area contributed by atoms with Crippen molar-refractivity contribution in [2.45, 2.75) is 18.4 Å². The van der Waals surface area contributed by atoms with E-state index in [1.165, 1.54) is 0 Å². The maximum atomic E-state index is 10.4. The Balaban J connectivity index is 1.81. The smallest absolute Gasteiger partial charge is 0.145 e. The zero-order chi connectivity index (χ0) is 13.3. The number of para-hydroxylation sites is 1. The van der Waals surface area contributed by atoms with Crippen molar-refractivity contribution < 1.29 is 9.84 Å². The third-order valence-electron chi connectivity index (χ3n) is 3.76. The van der Waals surface area contributed by atoms with E-state index >= 15 is 0 Å². The number of aliphatic hydroxyl groups is 1. The van der Waals surface area contributed by atoms with Gasteiger partial charge >= 0.3 is 0 Å². The minimum atomic E-state index is -0.906. The maximum absolute atomic E-state index is 10.4. The summed E-state index contributed by atoms with van der Waals surface area (Å²) >= 11 is 0. The van der Waals surface area contributed by atoms with Gasteiger partial charge in [0.2, 0.25) is 0 Å². The third kappa shape index (κ3) is 2.41. The van der Waals surface area contributed by atoms with E-state index in [0.29, 0.717) is 5.75 Å². The fourth-order valence-corrected chi connectivity index (χ4v) is 2.36. The Morgan fingerprint density at radius 3 is 2.84 bits per heavy atom. The molecule has 1 atom stereocenters. The first-order valence-corrected chi connectivity index (χ1v) is 6.62. The monoisotopic (exact) mass is 258 g/mol. The summed E-state index contributed by atoms with van der Waals surface area (Å²) in [6.07, 6.45) is 3.81. The normalized spacial score (nSPS) is 18.2. The minimum Gasteiger partial charge on any atom is -0.488 e. The Morgan fingerprint density at radius 2 is 2.11 bits per heavy atom. The molecule has 1 heterocycles. The van der Waals surface area contributed by atoms with Gasteiger partial charge in [-0.05, 0) is 30.9 Å². The quantitative estimate of drug-likeness (QED) is 0.856. The average Bonchev–Trinajstić information content (AvgIpc) is 3.30. The van der Waals surface area contributed by atoms with Crippen LogP contribution in [0.2, 0.25) is 0 Å². The molecule has 1 unspecified atom stereocenters. The lowest BCUT2D eigenvalue weighted by Gasteiger charge is -2.26. The molecule has 0 amide bonds. The number of nitrogens with zero attached hydrogens (tertiary/aromatic N) is 1. The number of hydrogen-bond donors (Lipinski definition) is 2. The van der Waals surface area contributed by atoms with Crippen molar-refractivity contribution >= 4 is 10.9 Å². The number of hydrogen-bond acceptors (Lipinski definition) is 4. The lowest BCUT2D eigenvalue weighted by Crippen LogP contribution is -2.45. The summed E-state index contributed by atoms with van der Waals surface area (Å²) in [4.78, 5) is 4.33. The Kier molecular flexibility index (Phi) is 3.12. The molecule has 100 valence electrons. The van der Waals surface area contributed by atoms with Crippen molar-refractivity contribution in [3.8, 4) is 5.75 Å². The predicted octanol–water partition coefficient (Wildman–Crippen LogP) is 1.71. The summed E-state index contributed by atoms with van der Waals surface area (Å²) in [5, 5.41) is 11.5. The molecule has 0 radical (unpaired) electrons. The van der Waals surface area contributed by atoms with Crippen LogP contribution in [-0.4, -0.2) is 28.8 Å². The molecule has 1 aromatic heterocycles. The second-order valence-electron chi connectivity index (χ2n) is 5.20. The molecular formula is C15H18N2O2. The van der Waals surface area contributed by atoms with Gasteiger partial charge in [-0.2, -0.15) is 0 Å². The van der Waals surface area contributed by atoms with Gasteiger partial charge in [0.05, 0.1) is 0 Å². The Hall–Kier alpha value is -1.65. The SMILES string of the molecule is NCC(O)(COc1cccc2cccnc12)C1CC1. The van der Waals surface area contributed by atoms with Crippen LogP contribution in [0.4, 0.5) is 0 Å². The topological polar surface area (TPSA) is 68.4 Å². The zero-order valence-corrected chi connectivity index (χ0v) is 10.7. The molecular weight excluding hydrogens is 240 g/mol. The highest BCUT2D eigenvalue weighted by Crippen LogP contribution is 2.39. The van der Waals surface area contributed by atoms with Crippen molar-refractivity contribution in [3.05, 3.63) is 36.5 Å². The summed E-state index contributed by atoms with van der Waals surface area (Å²) in [5.41, 5.74) is 5.59. The van der Waals surface area contributed by atoms with Crippen LogP contribution >= 0.6 is 0 Å². The summed E-state index contributed by atoms with van der Waals surface area (Å²) in [6, 6.07) is 9.68. The van der Waals surface area contributed by atoms with Crippen molar-refractivity contribution in [2.75, 3.05) is 13.2 Å². The highest BCUT2D eigenvalue weighted by atomic mass is 16.5. The Morgan fingerprint density at radius 1 is 1.32 bits per heavy atom. The number of ether oxygens (including phenoxy) is 1. The number of nitrogens with two attached hydrogens (primary N) is 1. The molecule has 3 N–H and O–H groups in total. The molecule has 1 aliphatic rings. The molecule has 2 aromatic rings. The highest BCUT2D eigenvalue weighted by Gasteiger charge is 2.43. The second-order valence-corrected chi connectivity index (χ2v) is 5.20. The van der Waals surface area contributed by atoms with Crippen LogP contribution in [-0.2, 0) is 0 Å². The van der Waals surface area contributed by atoms with Crippen LogP contribution in [0.15, 0.2) is 36.5 Å². The van der Waals surface area contributed by atoms with Crippen molar-refractivity contribution in [1.82, 2.24) is 4.98 Å². The van der Waals surface area contributed by atoms with Crippen molar-refractivity contribution in [3.63, 3.8) is 0 Å². The van der Waals surface area contributed by atoms with E-state index in [-0.39, 0.29) is 19.1 Å². The summed E-state index contributed by atoms with van der Waals surface area (Å²) in [6.45, 7) is 0.458.